The van der Waals surface area contributed by atoms with E-state index in [1.165, 1.54) is 0 Å². The second-order valence-corrected chi connectivity index (χ2v) is 4.44. The van der Waals surface area contributed by atoms with Crippen LogP contribution in [0.15, 0.2) is 36.7 Å². The lowest BCUT2D eigenvalue weighted by atomic mass is 9.92. The summed E-state index contributed by atoms with van der Waals surface area (Å²) in [5, 5.41) is 17.1. The molecule has 0 radical (unpaired) electrons. The van der Waals surface area contributed by atoms with Crippen molar-refractivity contribution in [2.45, 2.75) is 32.1 Å². The van der Waals surface area contributed by atoms with E-state index in [1.54, 1.807) is 17.1 Å². The first kappa shape index (κ1) is 13.3. The van der Waals surface area contributed by atoms with Gasteiger partial charge in [0.1, 0.15) is 0 Å². The van der Waals surface area contributed by atoms with Crippen LogP contribution >= 0.6 is 0 Å². The number of hydrogen-bond acceptors (Lipinski definition) is 3. The number of carboxylic acid groups (broad SMARTS) is 1. The van der Waals surface area contributed by atoms with Gasteiger partial charge >= 0.3 is 5.97 Å². The number of hydrogen-bond donors (Lipinski definition) is 1. The van der Waals surface area contributed by atoms with Gasteiger partial charge in [0.25, 0.3) is 0 Å². The fourth-order valence-electron chi connectivity index (χ4n) is 2.15. The molecule has 0 saturated carbocycles. The number of para-hydroxylation sites is 1. The summed E-state index contributed by atoms with van der Waals surface area (Å²) in [5.74, 6) is -1.29. The molecule has 1 N–H and O–H groups in total. The number of unbranched alkanes of at least 4 members (excludes halogenated alkanes) is 1. The van der Waals surface area contributed by atoms with Crippen molar-refractivity contribution in [2.24, 2.45) is 0 Å². The third-order valence-electron chi connectivity index (χ3n) is 3.13. The van der Waals surface area contributed by atoms with Gasteiger partial charge in [0.2, 0.25) is 0 Å². The van der Waals surface area contributed by atoms with Crippen molar-refractivity contribution in [3.05, 3.63) is 42.2 Å². The van der Waals surface area contributed by atoms with Gasteiger partial charge < -0.3 is 5.11 Å². The molecule has 100 valence electrons. The average Bonchev–Trinajstić information content (AvgIpc) is 2.93. The highest BCUT2D eigenvalue weighted by atomic mass is 16.4. The van der Waals surface area contributed by atoms with E-state index < -0.39 is 11.9 Å². The van der Waals surface area contributed by atoms with Crippen LogP contribution in [0, 0.1) is 0 Å². The summed E-state index contributed by atoms with van der Waals surface area (Å²) in [5.41, 5.74) is 1.57. The van der Waals surface area contributed by atoms with E-state index in [9.17, 15) is 9.90 Å². The van der Waals surface area contributed by atoms with Crippen molar-refractivity contribution in [1.29, 1.82) is 0 Å². The molecule has 0 spiro atoms. The summed E-state index contributed by atoms with van der Waals surface area (Å²) in [6, 6.07) is 7.45. The van der Waals surface area contributed by atoms with Crippen LogP contribution in [0.25, 0.3) is 5.69 Å². The highest BCUT2D eigenvalue weighted by Crippen LogP contribution is 2.27. The molecule has 1 aromatic carbocycles. The van der Waals surface area contributed by atoms with Crippen molar-refractivity contribution in [1.82, 2.24) is 15.0 Å². The van der Waals surface area contributed by atoms with E-state index in [0.29, 0.717) is 6.42 Å². The first-order chi connectivity index (χ1) is 9.24. The van der Waals surface area contributed by atoms with Crippen LogP contribution in [-0.2, 0) is 4.79 Å². The lowest BCUT2D eigenvalue weighted by molar-refractivity contribution is -0.139. The number of nitrogens with zero attached hydrogens (tertiary/aromatic N) is 3. The third kappa shape index (κ3) is 2.99. The minimum Gasteiger partial charge on any atom is -0.481 e. The Bertz CT molecular complexity index is 537. The maximum Gasteiger partial charge on any atom is 0.311 e. The van der Waals surface area contributed by atoms with Gasteiger partial charge in [-0.25, -0.2) is 4.68 Å². The smallest absolute Gasteiger partial charge is 0.311 e. The van der Waals surface area contributed by atoms with Crippen LogP contribution in [0.4, 0.5) is 0 Å². The third-order valence-corrected chi connectivity index (χ3v) is 3.13. The Morgan fingerprint density at radius 2 is 2.21 bits per heavy atom. The predicted molar refractivity (Wildman–Crippen MR) is 71.3 cm³/mol. The van der Waals surface area contributed by atoms with E-state index in [2.05, 4.69) is 17.2 Å². The van der Waals surface area contributed by atoms with Gasteiger partial charge in [-0.3, -0.25) is 4.79 Å². The maximum atomic E-state index is 11.5. The second-order valence-electron chi connectivity index (χ2n) is 4.44. The normalized spacial score (nSPS) is 12.3. The Balaban J connectivity index is 2.39. The minimum absolute atomic E-state index is 0.500. The molecule has 0 fully saturated rings. The summed E-state index contributed by atoms with van der Waals surface area (Å²) >= 11 is 0. The zero-order valence-electron chi connectivity index (χ0n) is 10.9. The van der Waals surface area contributed by atoms with Crippen LogP contribution in [0.2, 0.25) is 0 Å². The molecule has 0 aliphatic rings. The molecule has 1 aromatic heterocycles. The lowest BCUT2D eigenvalue weighted by Gasteiger charge is -2.16. The van der Waals surface area contributed by atoms with Gasteiger partial charge in [-0.2, -0.15) is 0 Å². The van der Waals surface area contributed by atoms with Gasteiger partial charge in [-0.15, -0.1) is 5.10 Å². The molecule has 5 heteroatoms. The predicted octanol–water partition coefficient (Wildman–Crippen LogP) is 2.63. The van der Waals surface area contributed by atoms with E-state index in [1.807, 2.05) is 24.3 Å². The fraction of sp³-hybridized carbons (Fsp3) is 0.357. The first-order valence-corrected chi connectivity index (χ1v) is 6.42. The lowest BCUT2D eigenvalue weighted by Crippen LogP contribution is -2.14. The summed E-state index contributed by atoms with van der Waals surface area (Å²) < 4.78 is 1.61. The fourth-order valence-corrected chi connectivity index (χ4v) is 2.15. The molecule has 0 aliphatic heterocycles. The molecule has 2 aromatic rings. The Hall–Kier alpha value is -2.17. The summed E-state index contributed by atoms with van der Waals surface area (Å²) in [6.45, 7) is 2.06. The number of rotatable bonds is 6. The molecular formula is C14H17N3O2. The van der Waals surface area contributed by atoms with Gasteiger partial charge in [0, 0.05) is 0 Å². The van der Waals surface area contributed by atoms with Crippen molar-refractivity contribution in [2.75, 3.05) is 0 Å². The number of carboxylic acids is 1. The zero-order valence-corrected chi connectivity index (χ0v) is 10.9. The number of aliphatic carboxylic acids is 1. The van der Waals surface area contributed by atoms with Crippen LogP contribution < -0.4 is 0 Å². The van der Waals surface area contributed by atoms with Crippen molar-refractivity contribution >= 4 is 5.97 Å². The molecule has 0 amide bonds. The Labute approximate surface area is 111 Å². The van der Waals surface area contributed by atoms with Gasteiger partial charge in [-0.1, -0.05) is 43.2 Å². The van der Waals surface area contributed by atoms with Crippen LogP contribution in [0.5, 0.6) is 0 Å². The average molecular weight is 259 g/mol. The van der Waals surface area contributed by atoms with Crippen molar-refractivity contribution in [3.63, 3.8) is 0 Å². The van der Waals surface area contributed by atoms with E-state index in [0.717, 1.165) is 24.1 Å². The SMILES string of the molecule is CCCCC(C(=O)O)c1ccccc1-n1ccnn1. The second kappa shape index (κ2) is 6.13. The molecule has 1 heterocycles. The van der Waals surface area contributed by atoms with E-state index in [-0.39, 0.29) is 0 Å². The largest absolute Gasteiger partial charge is 0.481 e. The van der Waals surface area contributed by atoms with Crippen LogP contribution in [0.1, 0.15) is 37.7 Å². The summed E-state index contributed by atoms with van der Waals surface area (Å²) in [6.07, 6.45) is 5.81. The van der Waals surface area contributed by atoms with E-state index >= 15 is 0 Å². The number of carbonyl (C=O) groups is 1. The van der Waals surface area contributed by atoms with Gasteiger partial charge in [0.05, 0.1) is 24.0 Å². The first-order valence-electron chi connectivity index (χ1n) is 6.42. The minimum atomic E-state index is -0.791. The number of benzene rings is 1. The molecule has 19 heavy (non-hydrogen) atoms. The highest BCUT2D eigenvalue weighted by molar-refractivity contribution is 5.77. The van der Waals surface area contributed by atoms with Crippen LogP contribution in [-0.4, -0.2) is 26.1 Å². The molecule has 0 bridgehead atoms. The molecule has 2 rings (SSSR count). The summed E-state index contributed by atoms with van der Waals surface area (Å²) in [4.78, 5) is 11.5. The number of aromatic nitrogens is 3. The van der Waals surface area contributed by atoms with Gasteiger partial charge in [0.15, 0.2) is 0 Å². The monoisotopic (exact) mass is 259 g/mol. The molecular weight excluding hydrogens is 242 g/mol. The molecule has 1 atom stereocenters. The Morgan fingerprint density at radius 1 is 1.42 bits per heavy atom. The molecule has 5 nitrogen and oxygen atoms in total. The molecule has 0 saturated heterocycles. The zero-order chi connectivity index (χ0) is 13.7. The maximum absolute atomic E-state index is 11.5. The Kier molecular flexibility index (Phi) is 4.28. The summed E-state index contributed by atoms with van der Waals surface area (Å²) in [7, 11) is 0. The molecule has 1 unspecified atom stereocenters. The van der Waals surface area contributed by atoms with Gasteiger partial charge in [-0.05, 0) is 18.1 Å². The Morgan fingerprint density at radius 3 is 2.84 bits per heavy atom. The van der Waals surface area contributed by atoms with Crippen molar-refractivity contribution < 1.29 is 9.90 Å². The standard InChI is InChI=1S/C14H17N3O2/c1-2-3-6-12(14(18)19)11-7-4-5-8-13(11)17-10-9-15-16-17/h4-5,7-10,12H,2-3,6H2,1H3,(H,18,19). The quantitative estimate of drug-likeness (QED) is 0.865. The highest BCUT2D eigenvalue weighted by Gasteiger charge is 2.22. The van der Waals surface area contributed by atoms with Crippen LogP contribution in [0.3, 0.4) is 0 Å². The van der Waals surface area contributed by atoms with E-state index in [4.69, 9.17) is 0 Å². The topological polar surface area (TPSA) is 68.0 Å². The molecule has 0 aliphatic carbocycles. The van der Waals surface area contributed by atoms with Crippen molar-refractivity contribution in [3.8, 4) is 5.69 Å².